The van der Waals surface area contributed by atoms with E-state index in [0.717, 1.165) is 16.0 Å². The fraction of sp³-hybridized carbons (Fsp3) is 0.208. The number of amides is 2. The third-order valence-corrected chi connectivity index (χ3v) is 6.13. The van der Waals surface area contributed by atoms with Gasteiger partial charge in [0.2, 0.25) is 6.79 Å². The highest BCUT2D eigenvalue weighted by molar-refractivity contribution is 7.16. The van der Waals surface area contributed by atoms with E-state index in [0.29, 0.717) is 39.7 Å². The predicted molar refractivity (Wildman–Crippen MR) is 123 cm³/mol. The van der Waals surface area contributed by atoms with Crippen molar-refractivity contribution < 1.29 is 28.6 Å². The van der Waals surface area contributed by atoms with E-state index in [9.17, 15) is 14.4 Å². The molecule has 1 aromatic heterocycles. The summed E-state index contributed by atoms with van der Waals surface area (Å²) in [5, 5.41) is 6.16. The Hall–Kier alpha value is -3.85. The van der Waals surface area contributed by atoms with E-state index >= 15 is 0 Å². The monoisotopic (exact) mass is 466 g/mol. The minimum absolute atomic E-state index is 0.188. The lowest BCUT2D eigenvalue weighted by Gasteiger charge is -2.10. The summed E-state index contributed by atoms with van der Waals surface area (Å²) in [4.78, 5) is 38.1. The largest absolute Gasteiger partial charge is 0.465 e. The smallest absolute Gasteiger partial charge is 0.337 e. The topological polar surface area (TPSA) is 103 Å². The van der Waals surface area contributed by atoms with Crippen molar-refractivity contribution in [2.75, 3.05) is 19.2 Å². The molecular weight excluding hydrogens is 444 g/mol. The van der Waals surface area contributed by atoms with Crippen molar-refractivity contribution in [3.05, 3.63) is 75.2 Å². The molecule has 1 aliphatic heterocycles. The molecule has 0 fully saturated rings. The van der Waals surface area contributed by atoms with Gasteiger partial charge in [0.1, 0.15) is 5.00 Å². The Kier molecular flexibility index (Phi) is 6.32. The van der Waals surface area contributed by atoms with Gasteiger partial charge in [0.15, 0.2) is 11.5 Å². The predicted octanol–water partition coefficient (Wildman–Crippen LogP) is 4.06. The van der Waals surface area contributed by atoms with Gasteiger partial charge >= 0.3 is 5.97 Å². The number of rotatable bonds is 6. The number of esters is 1. The maximum absolute atomic E-state index is 12.9. The van der Waals surface area contributed by atoms with Gasteiger partial charge in [-0.1, -0.05) is 0 Å². The van der Waals surface area contributed by atoms with Crippen LogP contribution in [0.25, 0.3) is 0 Å². The van der Waals surface area contributed by atoms with Gasteiger partial charge in [0.25, 0.3) is 11.8 Å². The van der Waals surface area contributed by atoms with Gasteiger partial charge in [-0.25, -0.2) is 4.79 Å². The molecule has 0 spiro atoms. The number of thiophene rings is 1. The number of nitrogens with one attached hydrogen (secondary N) is 2. The van der Waals surface area contributed by atoms with Crippen LogP contribution in [-0.2, 0) is 11.3 Å². The molecule has 2 amide bonds. The molecule has 0 unspecified atom stereocenters. The summed E-state index contributed by atoms with van der Waals surface area (Å²) in [5.41, 5.74) is 2.98. The number of ether oxygens (including phenoxy) is 3. The van der Waals surface area contributed by atoms with Crippen LogP contribution in [0, 0.1) is 13.8 Å². The lowest BCUT2D eigenvalue weighted by Crippen LogP contribution is -2.24. The summed E-state index contributed by atoms with van der Waals surface area (Å²) < 4.78 is 15.5. The van der Waals surface area contributed by atoms with Crippen LogP contribution in [0.2, 0.25) is 0 Å². The Morgan fingerprint density at radius 2 is 1.64 bits per heavy atom. The second kappa shape index (κ2) is 9.33. The number of carbonyl (C=O) groups is 3. The molecule has 4 rings (SSSR count). The van der Waals surface area contributed by atoms with Crippen LogP contribution in [0.5, 0.6) is 11.5 Å². The fourth-order valence-corrected chi connectivity index (χ4v) is 4.28. The Morgan fingerprint density at radius 1 is 0.970 bits per heavy atom. The molecule has 0 bridgehead atoms. The summed E-state index contributed by atoms with van der Waals surface area (Å²) in [6.45, 7) is 4.30. The molecule has 2 heterocycles. The third kappa shape index (κ3) is 4.83. The van der Waals surface area contributed by atoms with Gasteiger partial charge in [0, 0.05) is 17.0 Å². The molecule has 1 aliphatic rings. The molecule has 9 heteroatoms. The number of carbonyl (C=O) groups excluding carboxylic acids is 3. The summed E-state index contributed by atoms with van der Waals surface area (Å²) in [6, 6.07) is 11.6. The molecule has 33 heavy (non-hydrogen) atoms. The number of fused-ring (bicyclic) bond motifs is 1. The molecule has 8 nitrogen and oxygen atoms in total. The zero-order valence-corrected chi connectivity index (χ0v) is 19.1. The van der Waals surface area contributed by atoms with E-state index in [2.05, 4.69) is 15.4 Å². The maximum atomic E-state index is 12.9. The first kappa shape index (κ1) is 22.3. The molecule has 2 N–H and O–H groups in total. The Bertz CT molecular complexity index is 1230. The number of methoxy groups -OCH3 is 1. The van der Waals surface area contributed by atoms with Gasteiger partial charge in [-0.15, -0.1) is 11.3 Å². The normalized spacial score (nSPS) is 11.7. The number of hydrogen-bond acceptors (Lipinski definition) is 7. The average molecular weight is 467 g/mol. The Morgan fingerprint density at radius 3 is 2.33 bits per heavy atom. The molecule has 0 radical (unpaired) electrons. The van der Waals surface area contributed by atoms with Gasteiger partial charge in [0.05, 0.1) is 18.2 Å². The van der Waals surface area contributed by atoms with Crippen LogP contribution in [0.15, 0.2) is 42.5 Å². The Labute approximate surface area is 194 Å². The summed E-state index contributed by atoms with van der Waals surface area (Å²) >= 11 is 1.32. The Balaban J connectivity index is 1.45. The molecule has 2 aromatic carbocycles. The van der Waals surface area contributed by atoms with Crippen molar-refractivity contribution in [1.82, 2.24) is 5.32 Å². The van der Waals surface area contributed by atoms with E-state index in [1.807, 2.05) is 26.0 Å². The van der Waals surface area contributed by atoms with E-state index in [1.54, 1.807) is 6.07 Å². The summed E-state index contributed by atoms with van der Waals surface area (Å²) in [5.74, 6) is 0.192. The molecule has 170 valence electrons. The first-order chi connectivity index (χ1) is 15.9. The zero-order chi connectivity index (χ0) is 23.5. The van der Waals surface area contributed by atoms with Crippen LogP contribution in [0.1, 0.15) is 47.1 Å². The van der Waals surface area contributed by atoms with Crippen molar-refractivity contribution in [2.24, 2.45) is 0 Å². The highest BCUT2D eigenvalue weighted by Gasteiger charge is 2.20. The second-order valence-corrected chi connectivity index (χ2v) is 8.69. The molecular formula is C24H22N2O6S. The van der Waals surface area contributed by atoms with Gasteiger partial charge in [-0.05, 0) is 67.4 Å². The second-order valence-electron chi connectivity index (χ2n) is 7.44. The average Bonchev–Trinajstić information content (AvgIpc) is 3.42. The highest BCUT2D eigenvalue weighted by atomic mass is 32.1. The lowest BCUT2D eigenvalue weighted by molar-refractivity contribution is 0.0600. The molecule has 0 saturated carbocycles. The van der Waals surface area contributed by atoms with Crippen LogP contribution in [0.3, 0.4) is 0 Å². The third-order valence-electron chi connectivity index (χ3n) is 5.17. The number of anilines is 1. The molecule has 3 aromatic rings. The van der Waals surface area contributed by atoms with Crippen LogP contribution in [-0.4, -0.2) is 31.7 Å². The minimum atomic E-state index is -0.479. The van der Waals surface area contributed by atoms with E-state index < -0.39 is 5.97 Å². The van der Waals surface area contributed by atoms with Crippen LogP contribution >= 0.6 is 11.3 Å². The summed E-state index contributed by atoms with van der Waals surface area (Å²) in [7, 11) is 1.29. The SMILES string of the molecule is COC(=O)c1ccc(C(=O)Nc2sc(C)cc2C(=O)NCc2cc3c(cc2C)OCO3)cc1. The van der Waals surface area contributed by atoms with Gasteiger partial charge in [-0.3, -0.25) is 9.59 Å². The van der Waals surface area contributed by atoms with E-state index in [4.69, 9.17) is 9.47 Å². The molecule has 0 aliphatic carbocycles. The molecule has 0 saturated heterocycles. The molecule has 0 atom stereocenters. The standard InChI is InChI=1S/C24H22N2O6S/c1-13-8-19-20(32-12-31-19)10-17(13)11-25-22(28)18-9-14(2)33-23(18)26-21(27)15-4-6-16(7-5-15)24(29)30-3/h4-10H,11-12H2,1-3H3,(H,25,28)(H,26,27). The fourth-order valence-electron chi connectivity index (χ4n) is 3.37. The van der Waals surface area contributed by atoms with E-state index in [1.165, 1.54) is 42.7 Å². The number of aryl methyl sites for hydroxylation is 2. The zero-order valence-electron chi connectivity index (χ0n) is 18.3. The quantitative estimate of drug-likeness (QED) is 0.531. The maximum Gasteiger partial charge on any atom is 0.337 e. The van der Waals surface area contributed by atoms with Crippen molar-refractivity contribution >= 4 is 34.1 Å². The van der Waals surface area contributed by atoms with Crippen LogP contribution in [0.4, 0.5) is 5.00 Å². The van der Waals surface area contributed by atoms with Crippen molar-refractivity contribution in [1.29, 1.82) is 0 Å². The lowest BCUT2D eigenvalue weighted by atomic mass is 10.1. The first-order valence-electron chi connectivity index (χ1n) is 10.1. The number of hydrogen-bond donors (Lipinski definition) is 2. The van der Waals surface area contributed by atoms with Crippen molar-refractivity contribution in [2.45, 2.75) is 20.4 Å². The highest BCUT2D eigenvalue weighted by Crippen LogP contribution is 2.34. The van der Waals surface area contributed by atoms with Gasteiger partial charge in [-0.2, -0.15) is 0 Å². The van der Waals surface area contributed by atoms with Gasteiger partial charge < -0.3 is 24.8 Å². The summed E-state index contributed by atoms with van der Waals surface area (Å²) in [6.07, 6.45) is 0. The van der Waals surface area contributed by atoms with Crippen molar-refractivity contribution in [3.8, 4) is 11.5 Å². The van der Waals surface area contributed by atoms with Crippen molar-refractivity contribution in [3.63, 3.8) is 0 Å². The van der Waals surface area contributed by atoms with E-state index in [-0.39, 0.29) is 18.6 Å². The minimum Gasteiger partial charge on any atom is -0.465 e. The van der Waals surface area contributed by atoms with Crippen LogP contribution < -0.4 is 20.1 Å². The first-order valence-corrected chi connectivity index (χ1v) is 10.9. The number of benzene rings is 2.